The molecule has 0 bridgehead atoms. The van der Waals surface area contributed by atoms with Gasteiger partial charge in [-0.05, 0) is 24.7 Å². The van der Waals surface area contributed by atoms with Crippen molar-refractivity contribution in [1.29, 1.82) is 0 Å². The molecule has 0 radical (unpaired) electrons. The quantitative estimate of drug-likeness (QED) is 0.840. The molecule has 4 heteroatoms. The van der Waals surface area contributed by atoms with E-state index in [1.165, 1.54) is 32.1 Å². The summed E-state index contributed by atoms with van der Waals surface area (Å²) in [5, 5.41) is 3.29. The molecule has 0 spiro atoms. The second-order valence-electron chi connectivity index (χ2n) is 5.18. The molecule has 1 aromatic heterocycles. The summed E-state index contributed by atoms with van der Waals surface area (Å²) in [6.07, 6.45) is 10.1. The zero-order chi connectivity index (χ0) is 12.1. The first-order valence-electron chi connectivity index (χ1n) is 6.55. The van der Waals surface area contributed by atoms with E-state index in [0.717, 1.165) is 24.2 Å². The van der Waals surface area contributed by atoms with Crippen molar-refractivity contribution in [3.8, 4) is 0 Å². The van der Waals surface area contributed by atoms with Crippen LogP contribution in [0, 0.1) is 11.8 Å². The molecular weight excluding hydrogens is 212 g/mol. The summed E-state index contributed by atoms with van der Waals surface area (Å²) < 4.78 is 0. The Kier molecular flexibility index (Phi) is 4.18. The van der Waals surface area contributed by atoms with E-state index in [1.807, 2.05) is 0 Å². The van der Waals surface area contributed by atoms with E-state index in [2.05, 4.69) is 22.2 Å². The highest BCUT2D eigenvalue weighted by Crippen LogP contribution is 2.30. The Labute approximate surface area is 103 Å². The number of nitrogens with one attached hydrogen (secondary N) is 1. The highest BCUT2D eigenvalue weighted by Gasteiger charge is 2.18. The molecule has 0 saturated heterocycles. The summed E-state index contributed by atoms with van der Waals surface area (Å²) in [5.41, 5.74) is 5.58. The lowest BCUT2D eigenvalue weighted by Crippen LogP contribution is -2.17. The van der Waals surface area contributed by atoms with Crippen LogP contribution in [0.15, 0.2) is 12.4 Å². The van der Waals surface area contributed by atoms with Gasteiger partial charge in [-0.15, -0.1) is 0 Å². The summed E-state index contributed by atoms with van der Waals surface area (Å²) in [5.74, 6) is 3.04. The average molecular weight is 234 g/mol. The van der Waals surface area contributed by atoms with Gasteiger partial charge in [0.05, 0.1) is 12.4 Å². The molecule has 3 N–H and O–H groups in total. The van der Waals surface area contributed by atoms with Crippen molar-refractivity contribution in [3.05, 3.63) is 12.4 Å². The average Bonchev–Trinajstić information content (AvgIpc) is 2.29. The Hall–Kier alpha value is -1.32. The molecule has 17 heavy (non-hydrogen) atoms. The van der Waals surface area contributed by atoms with Gasteiger partial charge in [0.25, 0.3) is 0 Å². The van der Waals surface area contributed by atoms with Gasteiger partial charge in [-0.25, -0.2) is 4.98 Å². The van der Waals surface area contributed by atoms with E-state index < -0.39 is 0 Å². The van der Waals surface area contributed by atoms with Crippen LogP contribution in [-0.4, -0.2) is 16.5 Å². The molecular formula is C13H22N4. The van der Waals surface area contributed by atoms with Crippen molar-refractivity contribution in [1.82, 2.24) is 9.97 Å². The normalized spacial score (nSPS) is 24.5. The van der Waals surface area contributed by atoms with Crippen molar-refractivity contribution < 1.29 is 0 Å². The van der Waals surface area contributed by atoms with Crippen molar-refractivity contribution in [2.75, 3.05) is 17.6 Å². The Balaban J connectivity index is 1.72. The molecule has 0 aromatic carbocycles. The first kappa shape index (κ1) is 12.1. The van der Waals surface area contributed by atoms with Gasteiger partial charge in [-0.3, -0.25) is 4.98 Å². The largest absolute Gasteiger partial charge is 0.382 e. The maximum absolute atomic E-state index is 5.58. The van der Waals surface area contributed by atoms with Crippen LogP contribution in [0.3, 0.4) is 0 Å². The van der Waals surface area contributed by atoms with Crippen molar-refractivity contribution in [2.45, 2.75) is 39.0 Å². The van der Waals surface area contributed by atoms with Gasteiger partial charge in [0.1, 0.15) is 11.6 Å². The predicted octanol–water partition coefficient (Wildman–Crippen LogP) is 2.69. The Bertz CT molecular complexity index is 353. The lowest BCUT2D eigenvalue weighted by Gasteiger charge is -2.26. The summed E-state index contributed by atoms with van der Waals surface area (Å²) in [7, 11) is 0. The van der Waals surface area contributed by atoms with E-state index >= 15 is 0 Å². The summed E-state index contributed by atoms with van der Waals surface area (Å²) in [4.78, 5) is 8.19. The van der Waals surface area contributed by atoms with Gasteiger partial charge in [-0.1, -0.05) is 26.2 Å². The maximum Gasteiger partial charge on any atom is 0.146 e. The number of nitrogens with two attached hydrogens (primary N) is 1. The Morgan fingerprint density at radius 1 is 1.41 bits per heavy atom. The topological polar surface area (TPSA) is 63.8 Å². The van der Waals surface area contributed by atoms with Crippen LogP contribution in [0.2, 0.25) is 0 Å². The molecule has 0 aliphatic heterocycles. The number of rotatable bonds is 4. The van der Waals surface area contributed by atoms with Gasteiger partial charge >= 0.3 is 0 Å². The van der Waals surface area contributed by atoms with Crippen LogP contribution in [0.5, 0.6) is 0 Å². The number of aromatic nitrogens is 2. The maximum atomic E-state index is 5.58. The number of hydrogen-bond donors (Lipinski definition) is 2. The molecule has 2 atom stereocenters. The standard InChI is InChI=1S/C13H22N4/c1-10-3-2-4-11(7-10)5-6-16-13-9-15-8-12(14)17-13/h8-11H,2-7H2,1H3,(H3,14,16,17). The van der Waals surface area contributed by atoms with Crippen LogP contribution < -0.4 is 11.1 Å². The van der Waals surface area contributed by atoms with Gasteiger partial charge in [-0.2, -0.15) is 0 Å². The third kappa shape index (κ3) is 3.88. The van der Waals surface area contributed by atoms with Gasteiger partial charge in [0.2, 0.25) is 0 Å². The number of hydrogen-bond acceptors (Lipinski definition) is 4. The molecule has 1 fully saturated rings. The van der Waals surface area contributed by atoms with Crippen molar-refractivity contribution in [2.24, 2.45) is 11.8 Å². The molecule has 2 rings (SSSR count). The van der Waals surface area contributed by atoms with Crippen LogP contribution >= 0.6 is 0 Å². The second kappa shape index (κ2) is 5.84. The van der Waals surface area contributed by atoms with Crippen LogP contribution in [0.25, 0.3) is 0 Å². The number of nitrogen functional groups attached to an aromatic ring is 1. The van der Waals surface area contributed by atoms with E-state index in [0.29, 0.717) is 5.82 Å². The number of nitrogens with zero attached hydrogens (tertiary/aromatic N) is 2. The van der Waals surface area contributed by atoms with Crippen LogP contribution in [-0.2, 0) is 0 Å². The van der Waals surface area contributed by atoms with Crippen molar-refractivity contribution >= 4 is 11.6 Å². The molecule has 1 heterocycles. The fraction of sp³-hybridized carbons (Fsp3) is 0.692. The third-order valence-electron chi connectivity index (χ3n) is 3.56. The van der Waals surface area contributed by atoms with E-state index in [4.69, 9.17) is 5.73 Å². The van der Waals surface area contributed by atoms with Gasteiger partial charge in [0.15, 0.2) is 0 Å². The second-order valence-corrected chi connectivity index (χ2v) is 5.18. The monoisotopic (exact) mass is 234 g/mol. The van der Waals surface area contributed by atoms with Crippen LogP contribution in [0.4, 0.5) is 11.6 Å². The van der Waals surface area contributed by atoms with Crippen molar-refractivity contribution in [3.63, 3.8) is 0 Å². The fourth-order valence-electron chi connectivity index (χ4n) is 2.69. The fourth-order valence-corrected chi connectivity index (χ4v) is 2.69. The van der Waals surface area contributed by atoms with E-state index in [9.17, 15) is 0 Å². The highest BCUT2D eigenvalue weighted by molar-refractivity contribution is 5.38. The molecule has 4 nitrogen and oxygen atoms in total. The first-order valence-corrected chi connectivity index (χ1v) is 6.55. The summed E-state index contributed by atoms with van der Waals surface area (Å²) >= 11 is 0. The lowest BCUT2D eigenvalue weighted by atomic mass is 9.81. The van der Waals surface area contributed by atoms with Gasteiger partial charge < -0.3 is 11.1 Å². The lowest BCUT2D eigenvalue weighted by molar-refractivity contribution is 0.274. The predicted molar refractivity (Wildman–Crippen MR) is 70.7 cm³/mol. The van der Waals surface area contributed by atoms with Gasteiger partial charge in [0, 0.05) is 6.54 Å². The molecule has 94 valence electrons. The molecule has 0 amide bonds. The summed E-state index contributed by atoms with van der Waals surface area (Å²) in [6, 6.07) is 0. The molecule has 1 aliphatic carbocycles. The SMILES string of the molecule is CC1CCCC(CCNc2cncc(N)n2)C1. The zero-order valence-electron chi connectivity index (χ0n) is 10.5. The minimum absolute atomic E-state index is 0.473. The molecule has 2 unspecified atom stereocenters. The number of anilines is 2. The molecule has 1 aliphatic rings. The van der Waals surface area contributed by atoms with Crippen LogP contribution in [0.1, 0.15) is 39.0 Å². The first-order chi connectivity index (χ1) is 8.24. The Morgan fingerprint density at radius 2 is 2.29 bits per heavy atom. The molecule has 1 aromatic rings. The Morgan fingerprint density at radius 3 is 3.06 bits per heavy atom. The van der Waals surface area contributed by atoms with E-state index in [-0.39, 0.29) is 0 Å². The zero-order valence-corrected chi connectivity index (χ0v) is 10.5. The third-order valence-corrected chi connectivity index (χ3v) is 3.56. The van der Waals surface area contributed by atoms with E-state index in [1.54, 1.807) is 12.4 Å². The highest BCUT2D eigenvalue weighted by atomic mass is 15.0. The smallest absolute Gasteiger partial charge is 0.146 e. The minimum atomic E-state index is 0.473. The minimum Gasteiger partial charge on any atom is -0.382 e. The summed E-state index contributed by atoms with van der Waals surface area (Å²) in [6.45, 7) is 3.33. The molecule has 1 saturated carbocycles.